The maximum absolute atomic E-state index is 12.0. The SMILES string of the molecule is COC(=O)CCCCCNC(=O)c1ccc(-n2cccn2)cc1. The third kappa shape index (κ3) is 5.25. The first-order valence-electron chi connectivity index (χ1n) is 7.66. The number of carbonyl (C=O) groups is 2. The van der Waals surface area contributed by atoms with E-state index in [1.165, 1.54) is 7.11 Å². The fourth-order valence-electron chi connectivity index (χ4n) is 2.16. The number of hydrogen-bond donors (Lipinski definition) is 1. The summed E-state index contributed by atoms with van der Waals surface area (Å²) in [5, 5.41) is 7.02. The molecule has 0 aliphatic carbocycles. The third-order valence-corrected chi connectivity index (χ3v) is 3.47. The summed E-state index contributed by atoms with van der Waals surface area (Å²) in [5.74, 6) is -0.281. The zero-order valence-electron chi connectivity index (χ0n) is 13.2. The minimum absolute atomic E-state index is 0.0926. The van der Waals surface area contributed by atoms with Crippen molar-refractivity contribution >= 4 is 11.9 Å². The molecular formula is C17H21N3O3. The first-order valence-corrected chi connectivity index (χ1v) is 7.66. The minimum atomic E-state index is -0.189. The molecule has 6 nitrogen and oxygen atoms in total. The average Bonchev–Trinajstić information content (AvgIpc) is 3.12. The number of methoxy groups -OCH3 is 1. The minimum Gasteiger partial charge on any atom is -0.469 e. The van der Waals surface area contributed by atoms with Gasteiger partial charge in [-0.05, 0) is 43.2 Å². The molecule has 0 saturated carbocycles. The number of amides is 1. The van der Waals surface area contributed by atoms with Crippen LogP contribution in [0, 0.1) is 0 Å². The molecular weight excluding hydrogens is 294 g/mol. The molecule has 2 rings (SSSR count). The van der Waals surface area contributed by atoms with E-state index in [2.05, 4.69) is 15.2 Å². The molecule has 0 unspecified atom stereocenters. The summed E-state index contributed by atoms with van der Waals surface area (Å²) < 4.78 is 6.31. The largest absolute Gasteiger partial charge is 0.469 e. The highest BCUT2D eigenvalue weighted by Gasteiger charge is 2.05. The van der Waals surface area contributed by atoms with E-state index >= 15 is 0 Å². The highest BCUT2D eigenvalue weighted by molar-refractivity contribution is 5.94. The van der Waals surface area contributed by atoms with Crippen LogP contribution in [0.4, 0.5) is 0 Å². The second-order valence-corrected chi connectivity index (χ2v) is 5.14. The second-order valence-electron chi connectivity index (χ2n) is 5.14. The van der Waals surface area contributed by atoms with Gasteiger partial charge in [-0.2, -0.15) is 5.10 Å². The number of nitrogens with zero attached hydrogens (tertiary/aromatic N) is 2. The molecule has 0 atom stereocenters. The molecule has 0 saturated heterocycles. The topological polar surface area (TPSA) is 73.2 Å². The van der Waals surface area contributed by atoms with Gasteiger partial charge in [0, 0.05) is 30.9 Å². The normalized spacial score (nSPS) is 10.3. The lowest BCUT2D eigenvalue weighted by Crippen LogP contribution is -2.24. The number of carbonyl (C=O) groups excluding carboxylic acids is 2. The van der Waals surface area contributed by atoms with Gasteiger partial charge in [-0.25, -0.2) is 4.68 Å². The molecule has 1 amide bonds. The van der Waals surface area contributed by atoms with Gasteiger partial charge in [0.05, 0.1) is 12.8 Å². The molecule has 1 N–H and O–H groups in total. The third-order valence-electron chi connectivity index (χ3n) is 3.47. The summed E-state index contributed by atoms with van der Waals surface area (Å²) in [6.07, 6.45) is 6.49. The Kier molecular flexibility index (Phi) is 6.35. The van der Waals surface area contributed by atoms with Crippen molar-refractivity contribution in [2.45, 2.75) is 25.7 Å². The lowest BCUT2D eigenvalue weighted by atomic mass is 10.1. The van der Waals surface area contributed by atoms with Crippen LogP contribution in [0.25, 0.3) is 5.69 Å². The second kappa shape index (κ2) is 8.73. The molecule has 122 valence electrons. The Morgan fingerprint density at radius 1 is 1.17 bits per heavy atom. The number of unbranched alkanes of at least 4 members (excludes halogenated alkanes) is 2. The van der Waals surface area contributed by atoms with Crippen molar-refractivity contribution in [1.29, 1.82) is 0 Å². The quantitative estimate of drug-likeness (QED) is 0.599. The predicted molar refractivity (Wildman–Crippen MR) is 86.4 cm³/mol. The van der Waals surface area contributed by atoms with Crippen LogP contribution in [-0.2, 0) is 9.53 Å². The van der Waals surface area contributed by atoms with Crippen molar-refractivity contribution in [3.05, 3.63) is 48.3 Å². The molecule has 0 aliphatic heterocycles. The summed E-state index contributed by atoms with van der Waals surface area (Å²) in [5.41, 5.74) is 1.53. The van der Waals surface area contributed by atoms with Crippen LogP contribution in [0.5, 0.6) is 0 Å². The van der Waals surface area contributed by atoms with E-state index < -0.39 is 0 Å². The first-order chi connectivity index (χ1) is 11.2. The van der Waals surface area contributed by atoms with Gasteiger partial charge in [-0.1, -0.05) is 6.42 Å². The summed E-state index contributed by atoms with van der Waals surface area (Å²) in [4.78, 5) is 23.0. The van der Waals surface area contributed by atoms with E-state index in [-0.39, 0.29) is 11.9 Å². The maximum atomic E-state index is 12.0. The molecule has 23 heavy (non-hydrogen) atoms. The zero-order chi connectivity index (χ0) is 16.5. The van der Waals surface area contributed by atoms with Gasteiger partial charge in [0.2, 0.25) is 0 Å². The summed E-state index contributed by atoms with van der Waals surface area (Å²) in [6.45, 7) is 0.598. The molecule has 1 aromatic heterocycles. The monoisotopic (exact) mass is 315 g/mol. The molecule has 1 aromatic carbocycles. The number of aromatic nitrogens is 2. The number of esters is 1. The number of benzene rings is 1. The number of rotatable bonds is 8. The number of nitrogens with one attached hydrogen (secondary N) is 1. The van der Waals surface area contributed by atoms with Crippen LogP contribution in [0.3, 0.4) is 0 Å². The van der Waals surface area contributed by atoms with E-state index in [9.17, 15) is 9.59 Å². The van der Waals surface area contributed by atoms with Gasteiger partial charge < -0.3 is 10.1 Å². The van der Waals surface area contributed by atoms with Crippen LogP contribution < -0.4 is 5.32 Å². The lowest BCUT2D eigenvalue weighted by molar-refractivity contribution is -0.140. The molecule has 0 fully saturated rings. The Balaban J connectivity index is 1.70. The Hall–Kier alpha value is -2.63. The van der Waals surface area contributed by atoms with E-state index in [0.29, 0.717) is 18.5 Å². The highest BCUT2D eigenvalue weighted by Crippen LogP contribution is 2.08. The maximum Gasteiger partial charge on any atom is 0.305 e. The molecule has 6 heteroatoms. The fourth-order valence-corrected chi connectivity index (χ4v) is 2.16. The van der Waals surface area contributed by atoms with Crippen LogP contribution in [-0.4, -0.2) is 35.3 Å². The summed E-state index contributed by atoms with van der Waals surface area (Å²) in [7, 11) is 1.39. The van der Waals surface area contributed by atoms with Crippen LogP contribution >= 0.6 is 0 Å². The Morgan fingerprint density at radius 3 is 2.61 bits per heavy atom. The standard InChI is InChI=1S/C17H21N3O3/c1-23-16(21)6-3-2-4-11-18-17(22)14-7-9-15(10-8-14)20-13-5-12-19-20/h5,7-10,12-13H,2-4,6,11H2,1H3,(H,18,22). The van der Waals surface area contributed by atoms with Crippen molar-refractivity contribution in [2.75, 3.05) is 13.7 Å². The molecule has 2 aromatic rings. The zero-order valence-corrected chi connectivity index (χ0v) is 13.2. The van der Waals surface area contributed by atoms with E-state index in [4.69, 9.17) is 0 Å². The highest BCUT2D eigenvalue weighted by atomic mass is 16.5. The first kappa shape index (κ1) is 16.7. The van der Waals surface area contributed by atoms with Crippen molar-refractivity contribution < 1.29 is 14.3 Å². The molecule has 1 heterocycles. The number of ether oxygens (including phenoxy) is 1. The van der Waals surface area contributed by atoms with E-state index in [1.54, 1.807) is 23.0 Å². The lowest BCUT2D eigenvalue weighted by Gasteiger charge is -2.06. The van der Waals surface area contributed by atoms with Gasteiger partial charge in [0.1, 0.15) is 0 Å². The van der Waals surface area contributed by atoms with Crippen molar-refractivity contribution in [3.63, 3.8) is 0 Å². The Bertz CT molecular complexity index is 621. The van der Waals surface area contributed by atoms with Gasteiger partial charge in [-0.15, -0.1) is 0 Å². The van der Waals surface area contributed by atoms with Gasteiger partial charge in [0.25, 0.3) is 5.91 Å². The summed E-state index contributed by atoms with van der Waals surface area (Å²) in [6, 6.07) is 9.13. The van der Waals surface area contributed by atoms with Crippen molar-refractivity contribution in [2.24, 2.45) is 0 Å². The van der Waals surface area contributed by atoms with E-state index in [0.717, 1.165) is 24.9 Å². The number of hydrogen-bond acceptors (Lipinski definition) is 4. The Morgan fingerprint density at radius 2 is 1.96 bits per heavy atom. The van der Waals surface area contributed by atoms with E-state index in [1.807, 2.05) is 24.4 Å². The van der Waals surface area contributed by atoms with Crippen LogP contribution in [0.1, 0.15) is 36.0 Å². The smallest absolute Gasteiger partial charge is 0.305 e. The van der Waals surface area contributed by atoms with Crippen LogP contribution in [0.2, 0.25) is 0 Å². The van der Waals surface area contributed by atoms with Gasteiger partial charge in [-0.3, -0.25) is 9.59 Å². The Labute approximate surface area is 135 Å². The molecule has 0 spiro atoms. The van der Waals surface area contributed by atoms with Crippen LogP contribution in [0.15, 0.2) is 42.7 Å². The van der Waals surface area contributed by atoms with Crippen molar-refractivity contribution in [1.82, 2.24) is 15.1 Å². The van der Waals surface area contributed by atoms with Crippen molar-refractivity contribution in [3.8, 4) is 5.69 Å². The van der Waals surface area contributed by atoms with Gasteiger partial charge in [0.15, 0.2) is 0 Å². The molecule has 0 aliphatic rings. The molecule has 0 bridgehead atoms. The molecule has 0 radical (unpaired) electrons. The van der Waals surface area contributed by atoms with Gasteiger partial charge >= 0.3 is 5.97 Å². The average molecular weight is 315 g/mol. The fraction of sp³-hybridized carbons (Fsp3) is 0.353. The predicted octanol–water partition coefficient (Wildman–Crippen LogP) is 2.34. The summed E-state index contributed by atoms with van der Waals surface area (Å²) >= 11 is 0.